The van der Waals surface area contributed by atoms with Crippen molar-refractivity contribution in [1.29, 1.82) is 0 Å². The van der Waals surface area contributed by atoms with E-state index in [9.17, 15) is 4.79 Å². The van der Waals surface area contributed by atoms with Crippen molar-refractivity contribution in [3.05, 3.63) is 35.9 Å². The van der Waals surface area contributed by atoms with Crippen LogP contribution in [0.15, 0.2) is 30.2 Å². The van der Waals surface area contributed by atoms with Gasteiger partial charge in [0, 0.05) is 29.9 Å². The predicted molar refractivity (Wildman–Crippen MR) is 82.6 cm³/mol. The number of rotatable bonds is 5. The van der Waals surface area contributed by atoms with E-state index in [-0.39, 0.29) is 5.91 Å². The average Bonchev–Trinajstić information content (AvgIpc) is 2.96. The number of nitrogens with zero attached hydrogens (tertiary/aromatic N) is 4. The van der Waals surface area contributed by atoms with Crippen molar-refractivity contribution >= 4 is 22.9 Å². The summed E-state index contributed by atoms with van der Waals surface area (Å²) in [7, 11) is 0. The van der Waals surface area contributed by atoms with Crippen molar-refractivity contribution < 1.29 is 4.79 Å². The zero-order valence-electron chi connectivity index (χ0n) is 11.7. The predicted octanol–water partition coefficient (Wildman–Crippen LogP) is 2.39. The quantitative estimate of drug-likeness (QED) is 0.757. The zero-order valence-corrected chi connectivity index (χ0v) is 12.5. The van der Waals surface area contributed by atoms with E-state index in [0.29, 0.717) is 11.4 Å². The summed E-state index contributed by atoms with van der Waals surface area (Å²) < 4.78 is 1.88. The minimum atomic E-state index is -0.225. The van der Waals surface area contributed by atoms with E-state index in [1.165, 1.54) is 24.2 Å². The fourth-order valence-corrected chi connectivity index (χ4v) is 2.95. The number of hydrogen-bond donors (Lipinski definition) is 2. The number of anilines is 1. The number of carbonyl (C=O) groups excluding carboxylic acids is 1. The summed E-state index contributed by atoms with van der Waals surface area (Å²) in [6.07, 6.45) is 9.52. The monoisotopic (exact) mass is 314 g/mol. The van der Waals surface area contributed by atoms with Crippen LogP contribution in [-0.4, -0.2) is 30.9 Å². The lowest BCUT2D eigenvalue weighted by Crippen LogP contribution is -2.11. The summed E-state index contributed by atoms with van der Waals surface area (Å²) >= 11 is 1.42. The van der Waals surface area contributed by atoms with Gasteiger partial charge in [-0.2, -0.15) is 10.2 Å². The molecule has 1 aliphatic rings. The SMILES string of the molecule is O=C(Nc1cnn(CC2CC2)c1)c1csc(-c2cn[nH]c2)n1. The topological polar surface area (TPSA) is 88.5 Å². The van der Waals surface area contributed by atoms with Crippen molar-refractivity contribution in [3.8, 4) is 10.6 Å². The number of nitrogens with one attached hydrogen (secondary N) is 2. The van der Waals surface area contributed by atoms with Crippen LogP contribution in [0.4, 0.5) is 5.69 Å². The van der Waals surface area contributed by atoms with Gasteiger partial charge in [0.25, 0.3) is 5.91 Å². The Morgan fingerprint density at radius 3 is 3.14 bits per heavy atom. The molecule has 22 heavy (non-hydrogen) atoms. The first-order valence-electron chi connectivity index (χ1n) is 7.06. The Balaban J connectivity index is 1.44. The Morgan fingerprint density at radius 2 is 2.36 bits per heavy atom. The fraction of sp³-hybridized carbons (Fsp3) is 0.286. The maximum Gasteiger partial charge on any atom is 0.275 e. The van der Waals surface area contributed by atoms with Crippen molar-refractivity contribution in [3.63, 3.8) is 0 Å². The summed E-state index contributed by atoms with van der Waals surface area (Å²) in [6, 6.07) is 0. The Bertz CT molecular complexity index is 786. The van der Waals surface area contributed by atoms with Gasteiger partial charge in [0.15, 0.2) is 0 Å². The summed E-state index contributed by atoms with van der Waals surface area (Å²) in [5.74, 6) is 0.525. The molecule has 3 heterocycles. The molecule has 0 spiro atoms. The minimum Gasteiger partial charge on any atom is -0.318 e. The van der Waals surface area contributed by atoms with Crippen LogP contribution in [0.1, 0.15) is 23.3 Å². The molecule has 7 nitrogen and oxygen atoms in total. The number of carbonyl (C=O) groups is 1. The van der Waals surface area contributed by atoms with E-state index >= 15 is 0 Å². The van der Waals surface area contributed by atoms with Gasteiger partial charge in [-0.15, -0.1) is 11.3 Å². The van der Waals surface area contributed by atoms with Gasteiger partial charge in [-0.25, -0.2) is 4.98 Å². The van der Waals surface area contributed by atoms with E-state index in [1.807, 2.05) is 10.9 Å². The number of aromatic amines is 1. The minimum absolute atomic E-state index is 0.225. The second-order valence-electron chi connectivity index (χ2n) is 5.37. The van der Waals surface area contributed by atoms with Crippen LogP contribution < -0.4 is 5.32 Å². The molecular weight excluding hydrogens is 300 g/mol. The zero-order chi connectivity index (χ0) is 14.9. The summed E-state index contributed by atoms with van der Waals surface area (Å²) in [4.78, 5) is 16.5. The molecule has 1 saturated carbocycles. The van der Waals surface area contributed by atoms with Crippen LogP contribution in [0.3, 0.4) is 0 Å². The maximum absolute atomic E-state index is 12.2. The number of thiazole rings is 1. The number of H-pyrrole nitrogens is 1. The van der Waals surface area contributed by atoms with E-state index in [1.54, 1.807) is 24.0 Å². The van der Waals surface area contributed by atoms with Gasteiger partial charge in [0.05, 0.1) is 18.1 Å². The van der Waals surface area contributed by atoms with E-state index in [2.05, 4.69) is 25.6 Å². The number of amides is 1. The van der Waals surface area contributed by atoms with Gasteiger partial charge in [0.2, 0.25) is 0 Å². The van der Waals surface area contributed by atoms with E-state index in [0.717, 1.165) is 23.0 Å². The molecule has 0 atom stereocenters. The van der Waals surface area contributed by atoms with Crippen molar-refractivity contribution in [1.82, 2.24) is 25.0 Å². The number of hydrogen-bond acceptors (Lipinski definition) is 5. The number of aromatic nitrogens is 5. The normalized spacial score (nSPS) is 14.2. The Morgan fingerprint density at radius 1 is 1.45 bits per heavy atom. The molecule has 8 heteroatoms. The van der Waals surface area contributed by atoms with Gasteiger partial charge >= 0.3 is 0 Å². The van der Waals surface area contributed by atoms with Crippen LogP contribution in [0, 0.1) is 5.92 Å². The maximum atomic E-state index is 12.2. The summed E-state index contributed by atoms with van der Waals surface area (Å²) in [5.41, 5.74) is 1.97. The molecule has 3 aromatic rings. The molecule has 0 bridgehead atoms. The van der Waals surface area contributed by atoms with Gasteiger partial charge in [-0.1, -0.05) is 0 Å². The lowest BCUT2D eigenvalue weighted by atomic mass is 10.4. The Hall–Kier alpha value is -2.48. The van der Waals surface area contributed by atoms with Gasteiger partial charge in [-0.3, -0.25) is 14.6 Å². The highest BCUT2D eigenvalue weighted by Crippen LogP contribution is 2.30. The van der Waals surface area contributed by atoms with Crippen LogP contribution in [-0.2, 0) is 6.54 Å². The lowest BCUT2D eigenvalue weighted by Gasteiger charge is -1.99. The van der Waals surface area contributed by atoms with Crippen LogP contribution >= 0.6 is 11.3 Å². The van der Waals surface area contributed by atoms with Crippen molar-refractivity contribution in [2.45, 2.75) is 19.4 Å². The third-order valence-electron chi connectivity index (χ3n) is 3.52. The molecule has 0 aliphatic heterocycles. The van der Waals surface area contributed by atoms with Gasteiger partial charge in [-0.05, 0) is 18.8 Å². The van der Waals surface area contributed by atoms with Crippen molar-refractivity contribution in [2.24, 2.45) is 5.92 Å². The first-order chi connectivity index (χ1) is 10.8. The fourth-order valence-electron chi connectivity index (χ4n) is 2.17. The highest BCUT2D eigenvalue weighted by atomic mass is 32.1. The molecule has 0 saturated heterocycles. The van der Waals surface area contributed by atoms with E-state index in [4.69, 9.17) is 0 Å². The molecule has 1 fully saturated rings. The highest BCUT2D eigenvalue weighted by molar-refractivity contribution is 7.13. The van der Waals surface area contributed by atoms with Crippen molar-refractivity contribution in [2.75, 3.05) is 5.32 Å². The summed E-state index contributed by atoms with van der Waals surface area (Å²) in [5, 5.41) is 16.2. The molecule has 1 amide bonds. The Labute approximate surface area is 130 Å². The second-order valence-corrected chi connectivity index (χ2v) is 6.23. The lowest BCUT2D eigenvalue weighted by molar-refractivity contribution is 0.102. The third kappa shape index (κ3) is 2.77. The average molecular weight is 314 g/mol. The van der Waals surface area contributed by atoms with Gasteiger partial charge in [0.1, 0.15) is 10.7 Å². The molecule has 3 aromatic heterocycles. The standard InChI is InChI=1S/C14H14N6OS/c21-13(12-8-22-14(19-12)10-3-15-16-4-10)18-11-5-17-20(7-11)6-9-1-2-9/h3-5,7-9H,1-2,6H2,(H,15,16)(H,18,21). The molecular formula is C14H14N6OS. The first-order valence-corrected chi connectivity index (χ1v) is 7.94. The third-order valence-corrected chi connectivity index (χ3v) is 4.41. The van der Waals surface area contributed by atoms with Crippen LogP contribution in [0.2, 0.25) is 0 Å². The van der Waals surface area contributed by atoms with Gasteiger partial charge < -0.3 is 5.32 Å². The molecule has 112 valence electrons. The molecule has 0 aromatic carbocycles. The molecule has 4 rings (SSSR count). The van der Waals surface area contributed by atoms with Crippen LogP contribution in [0.25, 0.3) is 10.6 Å². The summed E-state index contributed by atoms with van der Waals surface area (Å²) in [6.45, 7) is 0.928. The van der Waals surface area contributed by atoms with E-state index < -0.39 is 0 Å². The van der Waals surface area contributed by atoms with Crippen LogP contribution in [0.5, 0.6) is 0 Å². The molecule has 2 N–H and O–H groups in total. The largest absolute Gasteiger partial charge is 0.318 e. The smallest absolute Gasteiger partial charge is 0.275 e. The molecule has 0 radical (unpaired) electrons. The highest BCUT2D eigenvalue weighted by Gasteiger charge is 2.22. The Kier molecular flexibility index (Phi) is 3.23. The first kappa shape index (κ1) is 13.2. The molecule has 1 aliphatic carbocycles. The molecule has 0 unspecified atom stereocenters. The second kappa shape index (κ2) is 5.38.